The Morgan fingerprint density at radius 1 is 1.11 bits per heavy atom. The molecule has 3 nitrogen and oxygen atoms in total. The van der Waals surface area contributed by atoms with Crippen molar-refractivity contribution in [1.29, 1.82) is 0 Å². The van der Waals surface area contributed by atoms with Crippen molar-refractivity contribution in [2.24, 2.45) is 0 Å². The number of carbonyl (C=O) groups is 1. The molecule has 1 heterocycles. The Morgan fingerprint density at radius 3 is 2.67 bits per heavy atom. The van der Waals surface area contributed by atoms with Crippen LogP contribution < -0.4 is 0 Å². The van der Waals surface area contributed by atoms with E-state index >= 15 is 0 Å². The average molecular weight is 236 g/mol. The molecule has 1 aromatic heterocycles. The lowest BCUT2D eigenvalue weighted by atomic mass is 9.99. The molecule has 0 bridgehead atoms. The van der Waals surface area contributed by atoms with Gasteiger partial charge in [-0.2, -0.15) is 5.10 Å². The van der Waals surface area contributed by atoms with Crippen LogP contribution in [0.3, 0.4) is 0 Å². The van der Waals surface area contributed by atoms with Crippen molar-refractivity contribution >= 4 is 16.7 Å². The van der Waals surface area contributed by atoms with Crippen LogP contribution in [-0.4, -0.2) is 16.0 Å². The summed E-state index contributed by atoms with van der Waals surface area (Å²) in [7, 11) is 0. The minimum atomic E-state index is 0.0184. The summed E-state index contributed by atoms with van der Waals surface area (Å²) < 4.78 is 0. The Hall–Kier alpha value is -2.42. The summed E-state index contributed by atoms with van der Waals surface area (Å²) in [5.74, 6) is 0.0184. The van der Waals surface area contributed by atoms with Crippen LogP contribution in [0.15, 0.2) is 48.7 Å². The van der Waals surface area contributed by atoms with Crippen molar-refractivity contribution < 1.29 is 4.79 Å². The number of aryl methyl sites for hydroxylation is 1. The average Bonchev–Trinajstić information content (AvgIpc) is 2.90. The number of carbonyl (C=O) groups excluding carboxylic acids is 1. The summed E-state index contributed by atoms with van der Waals surface area (Å²) >= 11 is 0. The van der Waals surface area contributed by atoms with Gasteiger partial charge in [-0.1, -0.05) is 36.4 Å². The molecule has 3 aromatic rings. The molecule has 0 aliphatic rings. The Balaban J connectivity index is 2.19. The van der Waals surface area contributed by atoms with E-state index in [1.807, 2.05) is 49.4 Å². The summed E-state index contributed by atoms with van der Waals surface area (Å²) in [5, 5.41) is 7.93. The molecule has 0 saturated heterocycles. The Bertz CT molecular complexity index is 714. The monoisotopic (exact) mass is 236 g/mol. The van der Waals surface area contributed by atoms with Crippen molar-refractivity contribution in [1.82, 2.24) is 10.2 Å². The third kappa shape index (κ3) is 1.61. The van der Waals surface area contributed by atoms with Crippen molar-refractivity contribution in [3.8, 4) is 0 Å². The summed E-state index contributed by atoms with van der Waals surface area (Å²) in [5.41, 5.74) is 3.28. The maximum atomic E-state index is 12.4. The molecule has 0 aliphatic carbocycles. The van der Waals surface area contributed by atoms with Crippen LogP contribution in [0.5, 0.6) is 0 Å². The van der Waals surface area contributed by atoms with Gasteiger partial charge in [-0.25, -0.2) is 0 Å². The third-order valence-corrected chi connectivity index (χ3v) is 3.11. The first-order valence-corrected chi connectivity index (χ1v) is 5.80. The molecule has 0 atom stereocenters. The first-order chi connectivity index (χ1) is 8.77. The van der Waals surface area contributed by atoms with Crippen LogP contribution in [-0.2, 0) is 0 Å². The molecule has 0 aliphatic heterocycles. The molecule has 0 fully saturated rings. The summed E-state index contributed by atoms with van der Waals surface area (Å²) in [4.78, 5) is 12.4. The molecular weight excluding hydrogens is 224 g/mol. The van der Waals surface area contributed by atoms with Crippen molar-refractivity contribution in [3.63, 3.8) is 0 Å². The fraction of sp³-hybridized carbons (Fsp3) is 0.0667. The number of benzene rings is 2. The van der Waals surface area contributed by atoms with Crippen molar-refractivity contribution in [3.05, 3.63) is 65.4 Å². The van der Waals surface area contributed by atoms with Crippen LogP contribution in [0.25, 0.3) is 10.9 Å². The first-order valence-electron chi connectivity index (χ1n) is 5.80. The van der Waals surface area contributed by atoms with Gasteiger partial charge in [0.1, 0.15) is 0 Å². The van der Waals surface area contributed by atoms with Gasteiger partial charge in [-0.3, -0.25) is 9.89 Å². The SMILES string of the molecule is Cc1ccc(C(=O)c2ccccc2)c2[nH]ncc12. The molecule has 88 valence electrons. The molecule has 1 N–H and O–H groups in total. The van der Waals surface area contributed by atoms with Gasteiger partial charge in [0.2, 0.25) is 0 Å². The third-order valence-electron chi connectivity index (χ3n) is 3.11. The van der Waals surface area contributed by atoms with E-state index in [1.165, 1.54) is 0 Å². The van der Waals surface area contributed by atoms with Crippen LogP contribution in [0, 0.1) is 6.92 Å². The first kappa shape index (κ1) is 10.7. The number of fused-ring (bicyclic) bond motifs is 1. The highest BCUT2D eigenvalue weighted by Gasteiger charge is 2.14. The fourth-order valence-corrected chi connectivity index (χ4v) is 2.11. The second kappa shape index (κ2) is 4.11. The highest BCUT2D eigenvalue weighted by molar-refractivity contribution is 6.15. The largest absolute Gasteiger partial charge is 0.289 e. The number of ketones is 1. The van der Waals surface area contributed by atoms with Gasteiger partial charge >= 0.3 is 0 Å². The topological polar surface area (TPSA) is 45.8 Å². The Labute approximate surface area is 104 Å². The van der Waals surface area contributed by atoms with Gasteiger partial charge in [0, 0.05) is 16.5 Å². The molecule has 0 unspecified atom stereocenters. The minimum absolute atomic E-state index is 0.0184. The molecule has 0 amide bonds. The molecule has 18 heavy (non-hydrogen) atoms. The normalized spacial score (nSPS) is 10.7. The zero-order valence-corrected chi connectivity index (χ0v) is 9.97. The zero-order chi connectivity index (χ0) is 12.5. The molecule has 0 saturated carbocycles. The standard InChI is InChI=1S/C15H12N2O/c1-10-7-8-12(14-13(10)9-16-17-14)15(18)11-5-3-2-4-6-11/h2-9H,1H3,(H,16,17). The van der Waals surface area contributed by atoms with Gasteiger partial charge < -0.3 is 0 Å². The Morgan fingerprint density at radius 2 is 1.89 bits per heavy atom. The molecule has 3 rings (SSSR count). The highest BCUT2D eigenvalue weighted by atomic mass is 16.1. The van der Waals surface area contributed by atoms with Gasteiger partial charge in [0.05, 0.1) is 11.7 Å². The number of rotatable bonds is 2. The van der Waals surface area contributed by atoms with Crippen LogP contribution >= 0.6 is 0 Å². The number of nitrogens with one attached hydrogen (secondary N) is 1. The number of H-pyrrole nitrogens is 1. The quantitative estimate of drug-likeness (QED) is 0.695. The van der Waals surface area contributed by atoms with Gasteiger partial charge in [0.15, 0.2) is 5.78 Å². The second-order valence-corrected chi connectivity index (χ2v) is 4.28. The van der Waals surface area contributed by atoms with E-state index in [4.69, 9.17) is 0 Å². The number of nitrogens with zero attached hydrogens (tertiary/aromatic N) is 1. The van der Waals surface area contributed by atoms with E-state index in [0.717, 1.165) is 16.5 Å². The van der Waals surface area contributed by atoms with Crippen LogP contribution in [0.4, 0.5) is 0 Å². The predicted molar refractivity (Wildman–Crippen MR) is 70.7 cm³/mol. The van der Waals surface area contributed by atoms with Gasteiger partial charge in [-0.15, -0.1) is 0 Å². The summed E-state index contributed by atoms with van der Waals surface area (Å²) in [6, 6.07) is 13.1. The smallest absolute Gasteiger partial charge is 0.195 e. The molecule has 0 radical (unpaired) electrons. The second-order valence-electron chi connectivity index (χ2n) is 4.28. The maximum absolute atomic E-state index is 12.4. The lowest BCUT2D eigenvalue weighted by molar-refractivity contribution is 0.104. The van der Waals surface area contributed by atoms with E-state index in [9.17, 15) is 4.79 Å². The minimum Gasteiger partial charge on any atom is -0.289 e. The molecule has 3 heteroatoms. The summed E-state index contributed by atoms with van der Waals surface area (Å²) in [6.45, 7) is 2.01. The number of hydrogen-bond acceptors (Lipinski definition) is 2. The highest BCUT2D eigenvalue weighted by Crippen LogP contribution is 2.22. The van der Waals surface area contributed by atoms with E-state index < -0.39 is 0 Å². The lowest BCUT2D eigenvalue weighted by Crippen LogP contribution is -2.02. The summed E-state index contributed by atoms with van der Waals surface area (Å²) in [6.07, 6.45) is 1.76. The predicted octanol–water partition coefficient (Wildman–Crippen LogP) is 3.10. The van der Waals surface area contributed by atoms with Crippen LogP contribution in [0.1, 0.15) is 21.5 Å². The van der Waals surface area contributed by atoms with E-state index in [1.54, 1.807) is 6.20 Å². The lowest BCUT2D eigenvalue weighted by Gasteiger charge is -2.04. The zero-order valence-electron chi connectivity index (χ0n) is 9.97. The Kier molecular flexibility index (Phi) is 2.45. The van der Waals surface area contributed by atoms with Crippen LogP contribution in [0.2, 0.25) is 0 Å². The number of hydrogen-bond donors (Lipinski definition) is 1. The molecule has 2 aromatic carbocycles. The van der Waals surface area contributed by atoms with Gasteiger partial charge in [0.25, 0.3) is 0 Å². The molecular formula is C15H12N2O. The molecule has 0 spiro atoms. The fourth-order valence-electron chi connectivity index (χ4n) is 2.11. The van der Waals surface area contributed by atoms with E-state index in [-0.39, 0.29) is 5.78 Å². The van der Waals surface area contributed by atoms with E-state index in [2.05, 4.69) is 10.2 Å². The number of aromatic amines is 1. The van der Waals surface area contributed by atoms with Crippen molar-refractivity contribution in [2.45, 2.75) is 6.92 Å². The van der Waals surface area contributed by atoms with Gasteiger partial charge in [-0.05, 0) is 18.6 Å². The number of aromatic nitrogens is 2. The maximum Gasteiger partial charge on any atom is 0.195 e. The van der Waals surface area contributed by atoms with E-state index in [0.29, 0.717) is 11.1 Å². The van der Waals surface area contributed by atoms with Crippen molar-refractivity contribution in [2.75, 3.05) is 0 Å².